The van der Waals surface area contributed by atoms with Crippen molar-refractivity contribution in [2.45, 2.75) is 29.0 Å². The van der Waals surface area contributed by atoms with Crippen molar-refractivity contribution in [2.24, 2.45) is 0 Å². The number of nitrogens with zero attached hydrogens (tertiary/aromatic N) is 2. The molecule has 4 aromatic rings. The smallest absolute Gasteiger partial charge is 0.275 e. The first-order valence-corrected chi connectivity index (χ1v) is 14.4. The van der Waals surface area contributed by atoms with Crippen LogP contribution in [0.25, 0.3) is 6.08 Å². The van der Waals surface area contributed by atoms with Gasteiger partial charge in [-0.05, 0) is 55.3 Å². The number of carbonyl (C=O) groups is 2. The molecular weight excluding hydrogens is 523 g/mol. The van der Waals surface area contributed by atoms with E-state index in [4.69, 9.17) is 0 Å². The maximum atomic E-state index is 13.8. The molecule has 1 unspecified atom stereocenters. The number of hydrogen-bond acceptors (Lipinski definition) is 5. The largest absolute Gasteiger partial charge is 0.278 e. The Labute approximate surface area is 236 Å². The second-order valence-corrected chi connectivity index (χ2v) is 11.8. The third kappa shape index (κ3) is 5.13. The number of carbonyl (C=O) groups excluding carboxylic acids is 2. The SMILES string of the molecule is Cc1cccc(/C=C2\SC(c3cccc(C)c3)N(NCC(=O)N3c4ccccc4Sc4ccccc43)C2=O)c1. The van der Waals surface area contributed by atoms with E-state index in [9.17, 15) is 9.59 Å². The minimum absolute atomic E-state index is 0.0281. The van der Waals surface area contributed by atoms with Crippen molar-refractivity contribution < 1.29 is 9.59 Å². The molecule has 2 heterocycles. The van der Waals surface area contributed by atoms with E-state index in [2.05, 4.69) is 17.6 Å². The van der Waals surface area contributed by atoms with Gasteiger partial charge in [-0.15, -0.1) is 0 Å². The lowest BCUT2D eigenvalue weighted by Gasteiger charge is -2.32. The molecule has 0 radical (unpaired) electrons. The fraction of sp³-hybridized carbons (Fsp3) is 0.125. The number of benzene rings is 4. The summed E-state index contributed by atoms with van der Waals surface area (Å²) in [6.07, 6.45) is 1.93. The Morgan fingerprint density at radius 2 is 1.49 bits per heavy atom. The Morgan fingerprint density at radius 1 is 0.846 bits per heavy atom. The number of nitrogens with one attached hydrogen (secondary N) is 1. The summed E-state index contributed by atoms with van der Waals surface area (Å²) in [7, 11) is 0. The van der Waals surface area contributed by atoms with Gasteiger partial charge in [-0.25, -0.2) is 5.43 Å². The van der Waals surface area contributed by atoms with Crippen LogP contribution in [0.15, 0.2) is 112 Å². The Kier molecular flexibility index (Phi) is 7.04. The van der Waals surface area contributed by atoms with Gasteiger partial charge in [0.15, 0.2) is 0 Å². The van der Waals surface area contributed by atoms with E-state index in [1.165, 1.54) is 11.8 Å². The van der Waals surface area contributed by atoms with Gasteiger partial charge in [-0.1, -0.05) is 107 Å². The van der Waals surface area contributed by atoms with Crippen LogP contribution in [0, 0.1) is 13.8 Å². The number of rotatable bonds is 5. The number of hydrogen-bond donors (Lipinski definition) is 1. The molecule has 39 heavy (non-hydrogen) atoms. The van der Waals surface area contributed by atoms with Gasteiger partial charge >= 0.3 is 0 Å². The van der Waals surface area contributed by atoms with Gasteiger partial charge in [0, 0.05) is 9.79 Å². The first-order valence-electron chi connectivity index (χ1n) is 12.8. The summed E-state index contributed by atoms with van der Waals surface area (Å²) in [5.41, 5.74) is 9.15. The summed E-state index contributed by atoms with van der Waals surface area (Å²) in [5.74, 6) is -0.275. The van der Waals surface area contributed by atoms with Crippen molar-refractivity contribution in [3.8, 4) is 0 Å². The molecule has 6 rings (SSSR count). The first kappa shape index (κ1) is 25.5. The number of para-hydroxylation sites is 2. The van der Waals surface area contributed by atoms with Crippen LogP contribution in [-0.2, 0) is 9.59 Å². The maximum absolute atomic E-state index is 13.8. The molecule has 4 aromatic carbocycles. The van der Waals surface area contributed by atoms with Crippen molar-refractivity contribution in [2.75, 3.05) is 11.4 Å². The number of aryl methyl sites for hydroxylation is 2. The fourth-order valence-corrected chi connectivity index (χ4v) is 7.12. The van der Waals surface area contributed by atoms with E-state index in [1.807, 2.05) is 105 Å². The van der Waals surface area contributed by atoms with Gasteiger partial charge in [0.05, 0.1) is 22.8 Å². The second-order valence-electron chi connectivity index (χ2n) is 9.58. The molecule has 0 aliphatic carbocycles. The highest BCUT2D eigenvalue weighted by Crippen LogP contribution is 2.48. The Balaban J connectivity index is 1.30. The molecule has 0 aromatic heterocycles. The first-order chi connectivity index (χ1) is 19.0. The van der Waals surface area contributed by atoms with Crippen molar-refractivity contribution in [1.29, 1.82) is 0 Å². The van der Waals surface area contributed by atoms with Crippen LogP contribution in [0.1, 0.15) is 27.6 Å². The average molecular weight is 550 g/mol. The molecule has 2 amide bonds. The second kappa shape index (κ2) is 10.8. The van der Waals surface area contributed by atoms with E-state index >= 15 is 0 Å². The van der Waals surface area contributed by atoms with Crippen LogP contribution in [0.5, 0.6) is 0 Å². The van der Waals surface area contributed by atoms with Crippen LogP contribution in [0.4, 0.5) is 11.4 Å². The number of anilines is 2. The molecule has 7 heteroatoms. The molecule has 0 bridgehead atoms. The molecule has 0 spiro atoms. The fourth-order valence-electron chi connectivity index (χ4n) is 4.86. The summed E-state index contributed by atoms with van der Waals surface area (Å²) in [5, 5.41) is 1.31. The van der Waals surface area contributed by atoms with E-state index < -0.39 is 0 Å². The number of hydrazine groups is 1. The van der Waals surface area contributed by atoms with Crippen molar-refractivity contribution in [3.63, 3.8) is 0 Å². The molecule has 1 fully saturated rings. The van der Waals surface area contributed by atoms with E-state index in [-0.39, 0.29) is 23.7 Å². The quantitative estimate of drug-likeness (QED) is 0.266. The normalized spacial score (nSPS) is 17.3. The minimum Gasteiger partial charge on any atom is -0.278 e. The number of fused-ring (bicyclic) bond motifs is 2. The lowest BCUT2D eigenvalue weighted by Crippen LogP contribution is -2.46. The molecule has 1 atom stereocenters. The lowest BCUT2D eigenvalue weighted by atomic mass is 10.1. The zero-order valence-electron chi connectivity index (χ0n) is 21.6. The zero-order chi connectivity index (χ0) is 26.9. The van der Waals surface area contributed by atoms with Crippen molar-refractivity contribution in [3.05, 3.63) is 124 Å². The van der Waals surface area contributed by atoms with E-state index in [1.54, 1.807) is 21.7 Å². The summed E-state index contributed by atoms with van der Waals surface area (Å²) < 4.78 is 0. The number of amides is 2. The highest BCUT2D eigenvalue weighted by atomic mass is 32.2. The summed E-state index contributed by atoms with van der Waals surface area (Å²) in [6.45, 7) is 4.05. The summed E-state index contributed by atoms with van der Waals surface area (Å²) in [6, 6.07) is 32.1. The Morgan fingerprint density at radius 3 is 2.15 bits per heavy atom. The highest BCUT2D eigenvalue weighted by molar-refractivity contribution is 8.04. The van der Waals surface area contributed by atoms with Crippen LogP contribution in [0.3, 0.4) is 0 Å². The van der Waals surface area contributed by atoms with Gasteiger partial charge in [-0.3, -0.25) is 19.5 Å². The third-order valence-corrected chi connectivity index (χ3v) is 9.04. The molecule has 194 valence electrons. The topological polar surface area (TPSA) is 52.7 Å². The molecule has 2 aliphatic heterocycles. The molecule has 0 saturated carbocycles. The predicted molar refractivity (Wildman–Crippen MR) is 160 cm³/mol. The van der Waals surface area contributed by atoms with Crippen molar-refractivity contribution >= 4 is 52.8 Å². The molecule has 1 N–H and O–H groups in total. The standard InChI is InChI=1S/C32H27N3O2S2/c1-21-9-7-11-23(17-21)19-29-31(37)35(32(39-29)24-12-8-10-22(2)18-24)33-20-30(36)34-25-13-3-5-15-27(25)38-28-16-6-4-14-26(28)34/h3-19,32-33H,20H2,1-2H3/b29-19-. The van der Waals surface area contributed by atoms with Crippen LogP contribution < -0.4 is 10.3 Å². The molecule has 5 nitrogen and oxygen atoms in total. The van der Waals surface area contributed by atoms with Gasteiger partial charge in [-0.2, -0.15) is 0 Å². The molecular formula is C32H27N3O2S2. The predicted octanol–water partition coefficient (Wildman–Crippen LogP) is 7.25. The van der Waals surface area contributed by atoms with Gasteiger partial charge in [0.25, 0.3) is 5.91 Å². The summed E-state index contributed by atoms with van der Waals surface area (Å²) in [4.78, 5) is 31.9. The molecule has 1 saturated heterocycles. The third-order valence-electron chi connectivity index (χ3n) is 6.65. The highest BCUT2D eigenvalue weighted by Gasteiger charge is 2.38. The maximum Gasteiger partial charge on any atom is 0.275 e. The van der Waals surface area contributed by atoms with Gasteiger partial charge in [0.2, 0.25) is 5.91 Å². The Hall–Kier alpha value is -3.78. The Bertz CT molecular complexity index is 1570. The van der Waals surface area contributed by atoms with E-state index in [0.29, 0.717) is 4.91 Å². The van der Waals surface area contributed by atoms with Gasteiger partial charge < -0.3 is 0 Å². The molecule has 2 aliphatic rings. The van der Waals surface area contributed by atoms with Crippen molar-refractivity contribution in [1.82, 2.24) is 10.4 Å². The van der Waals surface area contributed by atoms with Crippen LogP contribution in [-0.4, -0.2) is 23.4 Å². The average Bonchev–Trinajstić information content (AvgIpc) is 3.25. The van der Waals surface area contributed by atoms with E-state index in [0.717, 1.165) is 43.4 Å². The van der Waals surface area contributed by atoms with Crippen LogP contribution in [0.2, 0.25) is 0 Å². The monoisotopic (exact) mass is 549 g/mol. The van der Waals surface area contributed by atoms with Gasteiger partial charge in [0.1, 0.15) is 5.37 Å². The summed E-state index contributed by atoms with van der Waals surface area (Å²) >= 11 is 3.16. The number of thioether (sulfide) groups is 1. The minimum atomic E-state index is -0.294. The van der Waals surface area contributed by atoms with Crippen LogP contribution >= 0.6 is 23.5 Å². The zero-order valence-corrected chi connectivity index (χ0v) is 23.3. The lowest BCUT2D eigenvalue weighted by molar-refractivity contribution is -0.130.